The summed E-state index contributed by atoms with van der Waals surface area (Å²) in [6, 6.07) is -0.292. The van der Waals surface area contributed by atoms with Crippen LogP contribution < -0.4 is 10.6 Å². The van der Waals surface area contributed by atoms with Crippen LogP contribution in [0.15, 0.2) is 0 Å². The largest absolute Gasteiger partial charge is 0.462 e. The second-order valence-electron chi connectivity index (χ2n) is 4.88. The average Bonchev–Trinajstić information content (AvgIpc) is 2.33. The van der Waals surface area contributed by atoms with Crippen molar-refractivity contribution in [2.75, 3.05) is 13.1 Å². The topological polar surface area (TPSA) is 72.0 Å². The van der Waals surface area contributed by atoms with E-state index in [-0.39, 0.29) is 30.4 Å². The zero-order valence-corrected chi connectivity index (χ0v) is 10.1. The van der Waals surface area contributed by atoms with Crippen LogP contribution in [-0.4, -0.2) is 37.1 Å². The normalized spacial score (nSPS) is 26.4. The lowest BCUT2D eigenvalue weighted by molar-refractivity contribution is -0.678. The Hall–Kier alpha value is -1.10. The summed E-state index contributed by atoms with van der Waals surface area (Å²) in [6.45, 7) is 1.53. The maximum Gasteiger partial charge on any atom is 0.312 e. The summed E-state index contributed by atoms with van der Waals surface area (Å²) in [5.41, 5.74) is 0. The molecule has 3 N–H and O–H groups in total. The molecule has 1 heterocycles. The SMILES string of the molecule is O=C(C[C@@H]1[NH2+]CCNC1=O)OC1CCCCC1. The number of hydrogen-bond acceptors (Lipinski definition) is 3. The Kier molecular flexibility index (Phi) is 4.36. The molecule has 1 atom stereocenters. The molecule has 5 nitrogen and oxygen atoms in total. The van der Waals surface area contributed by atoms with E-state index in [0.29, 0.717) is 6.54 Å². The Labute approximate surface area is 101 Å². The molecule has 2 aliphatic rings. The summed E-state index contributed by atoms with van der Waals surface area (Å²) in [4.78, 5) is 23.2. The third-order valence-corrected chi connectivity index (χ3v) is 3.47. The molecule has 17 heavy (non-hydrogen) atoms. The lowest BCUT2D eigenvalue weighted by atomic mass is 9.98. The first-order chi connectivity index (χ1) is 8.25. The van der Waals surface area contributed by atoms with Crippen LogP contribution in [0, 0.1) is 0 Å². The molecule has 0 spiro atoms. The maximum atomic E-state index is 11.7. The molecular weight excluding hydrogens is 220 g/mol. The second-order valence-corrected chi connectivity index (χ2v) is 4.88. The van der Waals surface area contributed by atoms with E-state index in [2.05, 4.69) is 5.32 Å². The van der Waals surface area contributed by atoms with E-state index in [1.807, 2.05) is 5.32 Å². The van der Waals surface area contributed by atoms with Crippen LogP contribution in [0.3, 0.4) is 0 Å². The Morgan fingerprint density at radius 3 is 2.82 bits per heavy atom. The quantitative estimate of drug-likeness (QED) is 0.643. The lowest BCUT2D eigenvalue weighted by Crippen LogP contribution is -2.96. The van der Waals surface area contributed by atoms with E-state index < -0.39 is 0 Å². The van der Waals surface area contributed by atoms with Crippen LogP contribution in [0.5, 0.6) is 0 Å². The third-order valence-electron chi connectivity index (χ3n) is 3.47. The molecular formula is C12H21N2O3+. The summed E-state index contributed by atoms with van der Waals surface area (Å²) in [7, 11) is 0. The highest BCUT2D eigenvalue weighted by Crippen LogP contribution is 2.20. The molecule has 1 amide bonds. The van der Waals surface area contributed by atoms with Gasteiger partial charge in [0.2, 0.25) is 0 Å². The number of amides is 1. The van der Waals surface area contributed by atoms with Crippen LogP contribution in [0.2, 0.25) is 0 Å². The van der Waals surface area contributed by atoms with Crippen molar-refractivity contribution in [3.8, 4) is 0 Å². The molecule has 1 aliphatic carbocycles. The van der Waals surface area contributed by atoms with Gasteiger partial charge >= 0.3 is 5.97 Å². The number of ether oxygens (including phenoxy) is 1. The van der Waals surface area contributed by atoms with E-state index in [4.69, 9.17) is 4.74 Å². The summed E-state index contributed by atoms with van der Waals surface area (Å²) >= 11 is 0. The van der Waals surface area contributed by atoms with Gasteiger partial charge in [-0.3, -0.25) is 9.59 Å². The number of carbonyl (C=O) groups excluding carboxylic acids is 2. The standard InChI is InChI=1S/C12H20N2O3/c15-11(17-9-4-2-1-3-5-9)8-10-12(16)14-7-6-13-10/h9-10,13H,1-8H2,(H,14,16)/p+1/t10-/m0/s1. The summed E-state index contributed by atoms with van der Waals surface area (Å²) in [5, 5.41) is 4.68. The highest BCUT2D eigenvalue weighted by atomic mass is 16.5. The Bertz CT molecular complexity index is 287. The molecule has 2 fully saturated rings. The minimum absolute atomic E-state index is 0.0446. The van der Waals surface area contributed by atoms with Crippen molar-refractivity contribution in [1.29, 1.82) is 0 Å². The zero-order valence-electron chi connectivity index (χ0n) is 10.1. The van der Waals surface area contributed by atoms with Crippen molar-refractivity contribution in [3.63, 3.8) is 0 Å². The van der Waals surface area contributed by atoms with Crippen LogP contribution in [0.4, 0.5) is 0 Å². The summed E-state index contributed by atoms with van der Waals surface area (Å²) < 4.78 is 5.40. The fourth-order valence-corrected chi connectivity index (χ4v) is 2.49. The monoisotopic (exact) mass is 241 g/mol. The number of nitrogens with one attached hydrogen (secondary N) is 1. The van der Waals surface area contributed by atoms with Crippen molar-refractivity contribution in [1.82, 2.24) is 5.32 Å². The van der Waals surface area contributed by atoms with Crippen molar-refractivity contribution >= 4 is 11.9 Å². The molecule has 0 bridgehead atoms. The molecule has 0 unspecified atom stereocenters. The Morgan fingerprint density at radius 2 is 2.12 bits per heavy atom. The lowest BCUT2D eigenvalue weighted by Gasteiger charge is -2.23. The molecule has 0 aromatic heterocycles. The molecule has 96 valence electrons. The molecule has 1 saturated carbocycles. The average molecular weight is 241 g/mol. The van der Waals surface area contributed by atoms with Crippen molar-refractivity contribution in [2.45, 2.75) is 50.7 Å². The number of nitrogens with two attached hydrogens (primary N) is 1. The van der Waals surface area contributed by atoms with Gasteiger partial charge in [-0.25, -0.2) is 0 Å². The smallest absolute Gasteiger partial charge is 0.312 e. The Morgan fingerprint density at radius 1 is 1.35 bits per heavy atom. The first kappa shape index (κ1) is 12.4. The number of rotatable bonds is 3. The number of piperazine rings is 1. The predicted molar refractivity (Wildman–Crippen MR) is 61.2 cm³/mol. The minimum Gasteiger partial charge on any atom is -0.462 e. The molecule has 0 aromatic rings. The van der Waals surface area contributed by atoms with E-state index in [0.717, 1.165) is 32.2 Å². The van der Waals surface area contributed by atoms with Gasteiger partial charge < -0.3 is 15.4 Å². The molecule has 0 radical (unpaired) electrons. The Balaban J connectivity index is 1.74. The number of carbonyl (C=O) groups is 2. The molecule has 1 saturated heterocycles. The fourth-order valence-electron chi connectivity index (χ4n) is 2.49. The number of esters is 1. The van der Waals surface area contributed by atoms with Crippen LogP contribution in [-0.2, 0) is 14.3 Å². The third kappa shape index (κ3) is 3.70. The van der Waals surface area contributed by atoms with E-state index in [1.54, 1.807) is 0 Å². The molecule has 1 aliphatic heterocycles. The highest BCUT2D eigenvalue weighted by Gasteiger charge is 2.29. The van der Waals surface area contributed by atoms with Gasteiger partial charge in [-0.1, -0.05) is 6.42 Å². The van der Waals surface area contributed by atoms with Crippen molar-refractivity contribution < 1.29 is 19.6 Å². The molecule has 2 rings (SSSR count). The van der Waals surface area contributed by atoms with Crippen LogP contribution in [0.25, 0.3) is 0 Å². The highest BCUT2D eigenvalue weighted by molar-refractivity contribution is 5.85. The minimum atomic E-state index is -0.292. The van der Waals surface area contributed by atoms with Gasteiger partial charge in [-0.2, -0.15) is 0 Å². The second kappa shape index (κ2) is 6.00. The summed E-state index contributed by atoms with van der Waals surface area (Å²) in [5.74, 6) is -0.271. The van der Waals surface area contributed by atoms with E-state index in [9.17, 15) is 9.59 Å². The van der Waals surface area contributed by atoms with Crippen LogP contribution in [0.1, 0.15) is 38.5 Å². The van der Waals surface area contributed by atoms with Gasteiger partial charge in [0.1, 0.15) is 12.5 Å². The number of hydrogen-bond donors (Lipinski definition) is 2. The van der Waals surface area contributed by atoms with Gasteiger partial charge in [-0.15, -0.1) is 0 Å². The predicted octanol–water partition coefficient (Wildman–Crippen LogP) is -0.686. The van der Waals surface area contributed by atoms with Gasteiger partial charge in [0.15, 0.2) is 6.04 Å². The zero-order chi connectivity index (χ0) is 12.1. The van der Waals surface area contributed by atoms with Gasteiger partial charge in [0, 0.05) is 0 Å². The first-order valence-corrected chi connectivity index (χ1v) is 6.56. The van der Waals surface area contributed by atoms with Gasteiger partial charge in [0.25, 0.3) is 5.91 Å². The summed E-state index contributed by atoms with van der Waals surface area (Å²) in [6.07, 6.45) is 5.78. The van der Waals surface area contributed by atoms with E-state index in [1.165, 1.54) is 6.42 Å². The maximum absolute atomic E-state index is 11.7. The fraction of sp³-hybridized carbons (Fsp3) is 0.833. The number of quaternary nitrogens is 1. The van der Waals surface area contributed by atoms with Crippen molar-refractivity contribution in [3.05, 3.63) is 0 Å². The van der Waals surface area contributed by atoms with Gasteiger partial charge in [-0.05, 0) is 25.7 Å². The van der Waals surface area contributed by atoms with Crippen LogP contribution >= 0.6 is 0 Å². The molecule has 5 heteroatoms. The molecule has 0 aromatic carbocycles. The van der Waals surface area contributed by atoms with Gasteiger partial charge in [0.05, 0.1) is 13.1 Å². The van der Waals surface area contributed by atoms with Crippen molar-refractivity contribution in [2.24, 2.45) is 0 Å². The van der Waals surface area contributed by atoms with E-state index >= 15 is 0 Å². The first-order valence-electron chi connectivity index (χ1n) is 6.56.